The van der Waals surface area contributed by atoms with E-state index >= 15 is 0 Å². The van der Waals surface area contributed by atoms with Crippen LogP contribution in [0.25, 0.3) is 0 Å². The van der Waals surface area contributed by atoms with Gasteiger partial charge in [-0.05, 0) is 23.8 Å². The average Bonchev–Trinajstić information content (AvgIpc) is 2.92. The molecule has 1 rings (SSSR count). The number of Topliss-reactive ketones (excluding diaryl/α,β-unsaturated/α-hetero) is 1. The summed E-state index contributed by atoms with van der Waals surface area (Å²) in [5.41, 5.74) is 0.530. The molecule has 0 spiro atoms. The van der Waals surface area contributed by atoms with Crippen LogP contribution in [0.1, 0.15) is 56.3 Å². The number of hydrogen-bond donors (Lipinski definition) is 1. The molecule has 4 heteroatoms. The highest BCUT2D eigenvalue weighted by atomic mass is 32.1. The Morgan fingerprint density at radius 3 is 2.58 bits per heavy atom. The zero-order valence-electron chi connectivity index (χ0n) is 11.6. The predicted molar refractivity (Wildman–Crippen MR) is 77.7 cm³/mol. The summed E-state index contributed by atoms with van der Waals surface area (Å²) in [6.07, 6.45) is 4.60. The Balaban J connectivity index is 2.72. The monoisotopic (exact) mass is 282 g/mol. The predicted octanol–water partition coefficient (Wildman–Crippen LogP) is 4.24. The van der Waals surface area contributed by atoms with Crippen molar-refractivity contribution in [2.45, 2.75) is 46.0 Å². The molecule has 1 heterocycles. The lowest BCUT2D eigenvalue weighted by Crippen LogP contribution is -2.26. The van der Waals surface area contributed by atoms with Gasteiger partial charge in [0.1, 0.15) is 5.92 Å². The van der Waals surface area contributed by atoms with Crippen LogP contribution in [-0.4, -0.2) is 16.9 Å². The van der Waals surface area contributed by atoms with E-state index in [2.05, 4.69) is 13.8 Å². The largest absolute Gasteiger partial charge is 0.481 e. The normalized spacial score (nSPS) is 14.0. The minimum Gasteiger partial charge on any atom is -0.481 e. The Hall–Kier alpha value is -1.16. The molecule has 0 saturated carbocycles. The maximum atomic E-state index is 12.2. The third-order valence-corrected chi connectivity index (χ3v) is 4.22. The third-order valence-electron chi connectivity index (χ3n) is 3.53. The summed E-state index contributed by atoms with van der Waals surface area (Å²) in [6, 6.07) is 1.70. The van der Waals surface area contributed by atoms with E-state index in [1.54, 1.807) is 16.8 Å². The second-order valence-electron chi connectivity index (χ2n) is 4.92. The van der Waals surface area contributed by atoms with Crippen LogP contribution in [0.5, 0.6) is 0 Å². The first-order chi connectivity index (χ1) is 9.10. The van der Waals surface area contributed by atoms with Crippen LogP contribution in [-0.2, 0) is 4.79 Å². The number of aliphatic carboxylic acids is 1. The smallest absolute Gasteiger partial charge is 0.314 e. The van der Waals surface area contributed by atoms with Gasteiger partial charge < -0.3 is 5.11 Å². The Morgan fingerprint density at radius 1 is 1.37 bits per heavy atom. The number of carbonyl (C=O) groups is 2. The standard InChI is InChI=1S/C15H22O3S/c1-3-5-6-11(4-2)9-13(15(17)18)14(16)12-7-8-19-10-12/h7-8,10-11,13H,3-6,9H2,1-2H3,(H,17,18). The van der Waals surface area contributed by atoms with Gasteiger partial charge in [-0.25, -0.2) is 0 Å². The molecule has 0 saturated heterocycles. The van der Waals surface area contributed by atoms with E-state index in [-0.39, 0.29) is 5.78 Å². The minimum absolute atomic E-state index is 0.247. The maximum absolute atomic E-state index is 12.2. The summed E-state index contributed by atoms with van der Waals surface area (Å²) in [7, 11) is 0. The molecular formula is C15H22O3S. The van der Waals surface area contributed by atoms with E-state index in [9.17, 15) is 14.7 Å². The van der Waals surface area contributed by atoms with Gasteiger partial charge in [0.2, 0.25) is 0 Å². The van der Waals surface area contributed by atoms with E-state index in [1.165, 1.54) is 11.3 Å². The quantitative estimate of drug-likeness (QED) is 0.544. The van der Waals surface area contributed by atoms with Crippen LogP contribution in [0.15, 0.2) is 16.8 Å². The lowest BCUT2D eigenvalue weighted by Gasteiger charge is -2.18. The topological polar surface area (TPSA) is 54.4 Å². The van der Waals surface area contributed by atoms with Crippen LogP contribution in [0.4, 0.5) is 0 Å². The van der Waals surface area contributed by atoms with Gasteiger partial charge in [0.25, 0.3) is 0 Å². The van der Waals surface area contributed by atoms with Gasteiger partial charge in [0.15, 0.2) is 5.78 Å². The van der Waals surface area contributed by atoms with Crippen molar-refractivity contribution in [3.63, 3.8) is 0 Å². The van der Waals surface area contributed by atoms with Gasteiger partial charge in [0.05, 0.1) is 0 Å². The number of ketones is 1. The summed E-state index contributed by atoms with van der Waals surface area (Å²) < 4.78 is 0. The highest BCUT2D eigenvalue weighted by molar-refractivity contribution is 7.08. The fraction of sp³-hybridized carbons (Fsp3) is 0.600. The molecule has 3 nitrogen and oxygen atoms in total. The number of unbranched alkanes of at least 4 members (excludes halogenated alkanes) is 1. The van der Waals surface area contributed by atoms with Crippen molar-refractivity contribution in [2.24, 2.45) is 11.8 Å². The maximum Gasteiger partial charge on any atom is 0.314 e. The van der Waals surface area contributed by atoms with Crippen LogP contribution in [0.3, 0.4) is 0 Å². The molecule has 106 valence electrons. The SMILES string of the molecule is CCCCC(CC)CC(C(=O)O)C(=O)c1ccsc1. The van der Waals surface area contributed by atoms with Gasteiger partial charge in [-0.1, -0.05) is 39.5 Å². The second kappa shape index (κ2) is 8.10. The first-order valence-electron chi connectivity index (χ1n) is 6.89. The number of carboxylic acid groups (broad SMARTS) is 1. The van der Waals surface area contributed by atoms with E-state index in [0.717, 1.165) is 25.7 Å². The second-order valence-corrected chi connectivity index (χ2v) is 5.70. The Bertz CT molecular complexity index is 398. The fourth-order valence-corrected chi connectivity index (χ4v) is 2.89. The van der Waals surface area contributed by atoms with Crippen LogP contribution in [0.2, 0.25) is 0 Å². The first kappa shape index (κ1) is 15.9. The summed E-state index contributed by atoms with van der Waals surface area (Å²) in [6.45, 7) is 4.19. The summed E-state index contributed by atoms with van der Waals surface area (Å²) in [5.74, 6) is -1.81. The Labute approximate surface area is 118 Å². The van der Waals surface area contributed by atoms with Crippen molar-refractivity contribution < 1.29 is 14.7 Å². The summed E-state index contributed by atoms with van der Waals surface area (Å²) in [4.78, 5) is 23.5. The van der Waals surface area contributed by atoms with Crippen molar-refractivity contribution in [1.29, 1.82) is 0 Å². The molecule has 0 aliphatic rings. The van der Waals surface area contributed by atoms with Crippen molar-refractivity contribution >= 4 is 23.1 Å². The number of hydrogen-bond acceptors (Lipinski definition) is 3. The fourth-order valence-electron chi connectivity index (χ4n) is 2.24. The van der Waals surface area contributed by atoms with Crippen LogP contribution >= 0.6 is 11.3 Å². The van der Waals surface area contributed by atoms with Crippen LogP contribution in [0, 0.1) is 11.8 Å². The third kappa shape index (κ3) is 4.78. The van der Waals surface area contributed by atoms with Gasteiger partial charge in [-0.3, -0.25) is 9.59 Å². The van der Waals surface area contributed by atoms with Gasteiger partial charge in [0, 0.05) is 10.9 Å². The molecule has 0 aromatic carbocycles. The molecule has 0 fully saturated rings. The molecule has 1 aromatic heterocycles. The van der Waals surface area contributed by atoms with E-state index in [4.69, 9.17) is 0 Å². The summed E-state index contributed by atoms with van der Waals surface area (Å²) >= 11 is 1.42. The number of carbonyl (C=O) groups excluding carboxylic acids is 1. The lowest BCUT2D eigenvalue weighted by molar-refractivity contribution is -0.140. The molecule has 0 radical (unpaired) electrons. The van der Waals surface area contributed by atoms with E-state index in [0.29, 0.717) is 17.9 Å². The number of thiophene rings is 1. The molecule has 0 aliphatic heterocycles. The molecule has 2 atom stereocenters. The molecule has 1 aromatic rings. The van der Waals surface area contributed by atoms with Crippen LogP contribution < -0.4 is 0 Å². The Morgan fingerprint density at radius 2 is 2.11 bits per heavy atom. The first-order valence-corrected chi connectivity index (χ1v) is 7.83. The summed E-state index contributed by atoms with van der Waals surface area (Å²) in [5, 5.41) is 12.8. The molecule has 0 bridgehead atoms. The number of rotatable bonds is 9. The molecular weight excluding hydrogens is 260 g/mol. The van der Waals surface area contributed by atoms with E-state index in [1.807, 2.05) is 0 Å². The zero-order valence-corrected chi connectivity index (χ0v) is 12.4. The molecule has 2 unspecified atom stereocenters. The molecule has 0 amide bonds. The zero-order chi connectivity index (χ0) is 14.3. The molecule has 0 aliphatic carbocycles. The van der Waals surface area contributed by atoms with Gasteiger partial charge >= 0.3 is 5.97 Å². The molecule has 1 N–H and O–H groups in total. The Kier molecular flexibility index (Phi) is 6.78. The van der Waals surface area contributed by atoms with E-state index < -0.39 is 11.9 Å². The van der Waals surface area contributed by atoms with Crippen molar-refractivity contribution in [3.8, 4) is 0 Å². The highest BCUT2D eigenvalue weighted by Crippen LogP contribution is 2.25. The lowest BCUT2D eigenvalue weighted by atomic mass is 9.85. The van der Waals surface area contributed by atoms with Crippen molar-refractivity contribution in [3.05, 3.63) is 22.4 Å². The molecule has 19 heavy (non-hydrogen) atoms. The average molecular weight is 282 g/mol. The number of carboxylic acids is 1. The van der Waals surface area contributed by atoms with Crippen molar-refractivity contribution in [1.82, 2.24) is 0 Å². The minimum atomic E-state index is -0.994. The highest BCUT2D eigenvalue weighted by Gasteiger charge is 2.29. The van der Waals surface area contributed by atoms with Gasteiger partial charge in [-0.15, -0.1) is 0 Å². The van der Waals surface area contributed by atoms with Gasteiger partial charge in [-0.2, -0.15) is 11.3 Å². The van der Waals surface area contributed by atoms with Crippen molar-refractivity contribution in [2.75, 3.05) is 0 Å².